The molecule has 0 unspecified atom stereocenters. The van der Waals surface area contributed by atoms with Gasteiger partial charge in [0.05, 0.1) is 5.69 Å². The third kappa shape index (κ3) is 3.31. The number of nitrogens with zero attached hydrogens (tertiary/aromatic N) is 3. The highest BCUT2D eigenvalue weighted by Gasteiger charge is 2.44. The average molecular weight is 336 g/mol. The van der Waals surface area contributed by atoms with E-state index in [0.29, 0.717) is 17.8 Å². The van der Waals surface area contributed by atoms with Crippen LogP contribution in [0.15, 0.2) is 35.1 Å². The van der Waals surface area contributed by atoms with E-state index < -0.39 is 5.56 Å². The molecule has 3 rings (SSSR count). The predicted molar refractivity (Wildman–Crippen MR) is 93.0 cm³/mol. The van der Waals surface area contributed by atoms with Gasteiger partial charge in [-0.25, -0.2) is 4.68 Å². The van der Waals surface area contributed by atoms with Gasteiger partial charge in [0.1, 0.15) is 18.2 Å². The standard InChI is InChI=1S/C19H20N4O2/c1-13-14(2)22-23(18(25)16(13)10-20)11-17(24)21-12-19(8-9-19)15-6-4-3-5-7-15/h3-7H,8-9,11-12H2,1-2H3,(H,21,24). The second-order valence-electron chi connectivity index (χ2n) is 6.58. The van der Waals surface area contributed by atoms with Gasteiger partial charge in [0, 0.05) is 12.0 Å². The monoisotopic (exact) mass is 336 g/mol. The minimum atomic E-state index is -0.523. The number of rotatable bonds is 5. The minimum absolute atomic E-state index is 0.0102. The number of aromatic nitrogens is 2. The summed E-state index contributed by atoms with van der Waals surface area (Å²) in [6.45, 7) is 3.77. The van der Waals surface area contributed by atoms with Crippen LogP contribution in [0.3, 0.4) is 0 Å². The van der Waals surface area contributed by atoms with Gasteiger partial charge in [-0.05, 0) is 37.8 Å². The second kappa shape index (κ2) is 6.52. The van der Waals surface area contributed by atoms with Crippen molar-refractivity contribution in [2.75, 3.05) is 6.54 Å². The van der Waals surface area contributed by atoms with Crippen LogP contribution in [0.4, 0.5) is 0 Å². The Bertz CT molecular complexity index is 906. The molecular formula is C19H20N4O2. The van der Waals surface area contributed by atoms with E-state index in [1.807, 2.05) is 24.3 Å². The zero-order valence-electron chi connectivity index (χ0n) is 14.4. The maximum atomic E-state index is 12.3. The molecule has 0 bridgehead atoms. The van der Waals surface area contributed by atoms with E-state index in [2.05, 4.69) is 22.5 Å². The summed E-state index contributed by atoms with van der Waals surface area (Å²) in [4.78, 5) is 24.5. The molecular weight excluding hydrogens is 316 g/mol. The number of hydrogen-bond donors (Lipinski definition) is 1. The van der Waals surface area contributed by atoms with Crippen LogP contribution in [0.5, 0.6) is 0 Å². The van der Waals surface area contributed by atoms with Crippen molar-refractivity contribution in [3.05, 3.63) is 63.1 Å². The number of aryl methyl sites for hydroxylation is 1. The lowest BCUT2D eigenvalue weighted by Crippen LogP contribution is -2.38. The van der Waals surface area contributed by atoms with Crippen molar-refractivity contribution >= 4 is 5.91 Å². The number of amides is 1. The summed E-state index contributed by atoms with van der Waals surface area (Å²) in [6.07, 6.45) is 2.08. The van der Waals surface area contributed by atoms with Crippen LogP contribution in [-0.4, -0.2) is 22.2 Å². The highest BCUT2D eigenvalue weighted by atomic mass is 16.2. The largest absolute Gasteiger partial charge is 0.354 e. The average Bonchev–Trinajstić information content (AvgIpc) is 3.40. The van der Waals surface area contributed by atoms with E-state index in [-0.39, 0.29) is 23.4 Å². The highest BCUT2D eigenvalue weighted by molar-refractivity contribution is 5.75. The molecule has 1 aromatic carbocycles. The summed E-state index contributed by atoms with van der Waals surface area (Å²) in [6, 6.07) is 12.0. The Labute approximate surface area is 146 Å². The van der Waals surface area contributed by atoms with E-state index >= 15 is 0 Å². The van der Waals surface area contributed by atoms with Gasteiger partial charge in [0.2, 0.25) is 5.91 Å². The highest BCUT2D eigenvalue weighted by Crippen LogP contribution is 2.47. The lowest BCUT2D eigenvalue weighted by molar-refractivity contribution is -0.122. The number of nitrogens with one attached hydrogen (secondary N) is 1. The summed E-state index contributed by atoms with van der Waals surface area (Å²) in [5, 5.41) is 16.2. The first-order valence-corrected chi connectivity index (χ1v) is 8.27. The molecule has 1 heterocycles. The van der Waals surface area contributed by atoms with Gasteiger partial charge >= 0.3 is 0 Å². The summed E-state index contributed by atoms with van der Waals surface area (Å²) < 4.78 is 1.07. The first-order chi connectivity index (χ1) is 12.0. The van der Waals surface area contributed by atoms with Crippen LogP contribution >= 0.6 is 0 Å². The molecule has 0 radical (unpaired) electrons. The molecule has 0 spiro atoms. The van der Waals surface area contributed by atoms with Crippen molar-refractivity contribution in [3.63, 3.8) is 0 Å². The fourth-order valence-electron chi connectivity index (χ4n) is 2.98. The summed E-state index contributed by atoms with van der Waals surface area (Å²) in [5.74, 6) is -0.274. The number of hydrogen-bond acceptors (Lipinski definition) is 4. The van der Waals surface area contributed by atoms with Gasteiger partial charge in [-0.15, -0.1) is 0 Å². The minimum Gasteiger partial charge on any atom is -0.354 e. The number of carbonyl (C=O) groups excluding carboxylic acids is 1. The fraction of sp³-hybridized carbons (Fsp3) is 0.368. The van der Waals surface area contributed by atoms with Crippen LogP contribution < -0.4 is 10.9 Å². The van der Waals surface area contributed by atoms with Crippen molar-refractivity contribution in [2.24, 2.45) is 0 Å². The molecule has 1 aromatic heterocycles. The SMILES string of the molecule is Cc1nn(CC(=O)NCC2(c3ccccc3)CC2)c(=O)c(C#N)c1C. The lowest BCUT2D eigenvalue weighted by atomic mass is 9.96. The molecule has 25 heavy (non-hydrogen) atoms. The molecule has 1 fully saturated rings. The molecule has 1 N–H and O–H groups in total. The van der Waals surface area contributed by atoms with Crippen molar-refractivity contribution < 1.29 is 4.79 Å². The molecule has 1 aliphatic carbocycles. The van der Waals surface area contributed by atoms with Gasteiger partial charge < -0.3 is 5.32 Å². The molecule has 6 heteroatoms. The van der Waals surface area contributed by atoms with Crippen LogP contribution in [0, 0.1) is 25.2 Å². The molecule has 0 aliphatic heterocycles. The summed E-state index contributed by atoms with van der Waals surface area (Å²) in [7, 11) is 0. The first-order valence-electron chi connectivity index (χ1n) is 8.27. The van der Waals surface area contributed by atoms with Gasteiger partial charge in [-0.1, -0.05) is 30.3 Å². The second-order valence-corrected chi connectivity index (χ2v) is 6.58. The molecule has 128 valence electrons. The fourth-order valence-corrected chi connectivity index (χ4v) is 2.98. The van der Waals surface area contributed by atoms with Crippen molar-refractivity contribution in [3.8, 4) is 6.07 Å². The Balaban J connectivity index is 1.70. The van der Waals surface area contributed by atoms with E-state index in [1.165, 1.54) is 5.56 Å². The van der Waals surface area contributed by atoms with E-state index in [9.17, 15) is 9.59 Å². The maximum absolute atomic E-state index is 12.3. The Hall–Kier alpha value is -2.94. The van der Waals surface area contributed by atoms with Crippen molar-refractivity contribution in [1.29, 1.82) is 5.26 Å². The van der Waals surface area contributed by atoms with Gasteiger partial charge in [-0.3, -0.25) is 9.59 Å². The van der Waals surface area contributed by atoms with Crippen LogP contribution in [0.2, 0.25) is 0 Å². The Morgan fingerprint density at radius 3 is 2.60 bits per heavy atom. The molecule has 0 atom stereocenters. The summed E-state index contributed by atoms with van der Waals surface area (Å²) >= 11 is 0. The van der Waals surface area contributed by atoms with E-state index in [1.54, 1.807) is 13.8 Å². The van der Waals surface area contributed by atoms with E-state index in [4.69, 9.17) is 5.26 Å². The Morgan fingerprint density at radius 2 is 2.00 bits per heavy atom. The molecule has 0 saturated heterocycles. The zero-order chi connectivity index (χ0) is 18.0. The molecule has 1 saturated carbocycles. The van der Waals surface area contributed by atoms with Crippen LogP contribution in [-0.2, 0) is 16.8 Å². The normalized spacial score (nSPS) is 14.6. The lowest BCUT2D eigenvalue weighted by Gasteiger charge is -2.17. The van der Waals surface area contributed by atoms with Crippen molar-refractivity contribution in [2.45, 2.75) is 38.6 Å². The third-order valence-electron chi connectivity index (χ3n) is 4.91. The van der Waals surface area contributed by atoms with Crippen LogP contribution in [0.1, 0.15) is 35.2 Å². The third-order valence-corrected chi connectivity index (χ3v) is 4.91. The van der Waals surface area contributed by atoms with Gasteiger partial charge in [0.15, 0.2) is 0 Å². The number of benzene rings is 1. The van der Waals surface area contributed by atoms with Crippen LogP contribution in [0.25, 0.3) is 0 Å². The zero-order valence-corrected chi connectivity index (χ0v) is 14.4. The predicted octanol–water partition coefficient (Wildman–Crippen LogP) is 1.58. The summed E-state index contributed by atoms with van der Waals surface area (Å²) in [5.41, 5.74) is 1.89. The molecule has 2 aromatic rings. The maximum Gasteiger partial charge on any atom is 0.285 e. The Morgan fingerprint density at radius 1 is 1.32 bits per heavy atom. The smallest absolute Gasteiger partial charge is 0.285 e. The topological polar surface area (TPSA) is 87.8 Å². The van der Waals surface area contributed by atoms with Gasteiger partial charge in [-0.2, -0.15) is 10.4 Å². The van der Waals surface area contributed by atoms with Gasteiger partial charge in [0.25, 0.3) is 5.56 Å². The number of carbonyl (C=O) groups is 1. The first kappa shape index (κ1) is 16.9. The van der Waals surface area contributed by atoms with E-state index in [0.717, 1.165) is 17.5 Å². The molecule has 6 nitrogen and oxygen atoms in total. The molecule has 1 aliphatic rings. The Kier molecular flexibility index (Phi) is 4.41. The van der Waals surface area contributed by atoms with Crippen molar-refractivity contribution in [1.82, 2.24) is 15.1 Å². The number of nitriles is 1. The molecule has 1 amide bonds. The quantitative estimate of drug-likeness (QED) is 0.898.